The van der Waals surface area contributed by atoms with Crippen LogP contribution in [-0.4, -0.2) is 25.2 Å². The molecule has 0 saturated carbocycles. The quantitative estimate of drug-likeness (QED) is 0.107. The fraction of sp³-hybridized carbons (Fsp3) is 0.923. The number of hydrogen-bond donors (Lipinski definition) is 0. The predicted molar refractivity (Wildman–Crippen MR) is 126 cm³/mol. The van der Waals surface area contributed by atoms with Crippen LogP contribution in [0, 0.1) is 5.92 Å². The van der Waals surface area contributed by atoms with Gasteiger partial charge >= 0.3 is 11.9 Å². The Kier molecular flexibility index (Phi) is 21.8. The molecule has 0 heterocycles. The second kappa shape index (κ2) is 22.6. The van der Waals surface area contributed by atoms with Crippen LogP contribution < -0.4 is 0 Å². The van der Waals surface area contributed by atoms with E-state index in [4.69, 9.17) is 9.47 Å². The van der Waals surface area contributed by atoms with Crippen molar-refractivity contribution in [3.63, 3.8) is 0 Å². The summed E-state index contributed by atoms with van der Waals surface area (Å²) in [6.07, 6.45) is 22.7. The number of unbranched alkanes of at least 4 members (excludes halogenated alkanes) is 15. The summed E-state index contributed by atoms with van der Waals surface area (Å²) in [5.74, 6) is -1.12. The standard InChI is InChI=1S/C26H50O4/c1-4-5-6-7-8-9-10-11-12-13-14-15-16-17-18-19-22-29-25(27)26(28)30-23-20-21-24(2)3/h24H,4-23H2,1-3H3. The molecule has 30 heavy (non-hydrogen) atoms. The molecule has 4 heteroatoms. The molecule has 0 unspecified atom stereocenters. The average molecular weight is 427 g/mol. The molecule has 0 aromatic carbocycles. The normalized spacial score (nSPS) is 11.1. The van der Waals surface area contributed by atoms with Crippen molar-refractivity contribution in [3.8, 4) is 0 Å². The first-order chi connectivity index (χ1) is 14.6. The zero-order valence-electron chi connectivity index (χ0n) is 20.4. The van der Waals surface area contributed by atoms with E-state index in [9.17, 15) is 9.59 Å². The predicted octanol–water partition coefficient (Wildman–Crippen LogP) is 7.77. The van der Waals surface area contributed by atoms with Gasteiger partial charge in [0.1, 0.15) is 0 Å². The highest BCUT2D eigenvalue weighted by Gasteiger charge is 2.16. The van der Waals surface area contributed by atoms with Gasteiger partial charge in [-0.05, 0) is 25.2 Å². The Hall–Kier alpha value is -1.06. The van der Waals surface area contributed by atoms with Crippen LogP contribution in [0.1, 0.15) is 136 Å². The molecule has 0 amide bonds. The third-order valence-electron chi connectivity index (χ3n) is 5.56. The number of hydrogen-bond acceptors (Lipinski definition) is 4. The molecule has 0 aliphatic heterocycles. The minimum Gasteiger partial charge on any atom is -0.457 e. The lowest BCUT2D eigenvalue weighted by atomic mass is 10.0. The lowest BCUT2D eigenvalue weighted by Gasteiger charge is -2.07. The molecule has 0 aromatic heterocycles. The highest BCUT2D eigenvalue weighted by Crippen LogP contribution is 2.13. The average Bonchev–Trinajstić information content (AvgIpc) is 2.72. The van der Waals surface area contributed by atoms with Crippen molar-refractivity contribution in [1.82, 2.24) is 0 Å². The molecule has 0 rings (SSSR count). The number of ether oxygens (including phenoxy) is 2. The summed E-state index contributed by atoms with van der Waals surface area (Å²) in [6, 6.07) is 0. The topological polar surface area (TPSA) is 52.6 Å². The van der Waals surface area contributed by atoms with Crippen LogP contribution in [-0.2, 0) is 19.1 Å². The summed E-state index contributed by atoms with van der Waals surface area (Å²) < 4.78 is 9.91. The Labute approximate surface area is 186 Å². The van der Waals surface area contributed by atoms with Gasteiger partial charge in [-0.3, -0.25) is 0 Å². The SMILES string of the molecule is CCCCCCCCCCCCCCCCCCOC(=O)C(=O)OCCCC(C)C. The van der Waals surface area contributed by atoms with Crippen molar-refractivity contribution in [3.05, 3.63) is 0 Å². The van der Waals surface area contributed by atoms with Gasteiger partial charge in [0.25, 0.3) is 0 Å². The van der Waals surface area contributed by atoms with Gasteiger partial charge in [-0.25, -0.2) is 9.59 Å². The van der Waals surface area contributed by atoms with Crippen molar-refractivity contribution >= 4 is 11.9 Å². The maximum absolute atomic E-state index is 11.5. The summed E-state index contributed by atoms with van der Waals surface area (Å²) >= 11 is 0. The molecule has 0 aliphatic carbocycles. The van der Waals surface area contributed by atoms with Crippen molar-refractivity contribution in [2.24, 2.45) is 5.92 Å². The maximum atomic E-state index is 11.5. The fourth-order valence-electron chi connectivity index (χ4n) is 3.59. The van der Waals surface area contributed by atoms with Crippen LogP contribution in [0.25, 0.3) is 0 Å². The van der Waals surface area contributed by atoms with Crippen LogP contribution in [0.5, 0.6) is 0 Å². The zero-order valence-corrected chi connectivity index (χ0v) is 20.4. The van der Waals surface area contributed by atoms with Crippen molar-refractivity contribution in [2.75, 3.05) is 13.2 Å². The molecule has 0 atom stereocenters. The fourth-order valence-corrected chi connectivity index (χ4v) is 3.59. The third-order valence-corrected chi connectivity index (χ3v) is 5.56. The lowest BCUT2D eigenvalue weighted by molar-refractivity contribution is -0.167. The largest absolute Gasteiger partial charge is 0.457 e. The van der Waals surface area contributed by atoms with Gasteiger partial charge in [0.15, 0.2) is 0 Å². The molecule has 178 valence electrons. The van der Waals surface area contributed by atoms with Gasteiger partial charge in [0.2, 0.25) is 0 Å². The summed E-state index contributed by atoms with van der Waals surface area (Å²) in [7, 11) is 0. The van der Waals surface area contributed by atoms with E-state index in [1.54, 1.807) is 0 Å². The summed E-state index contributed by atoms with van der Waals surface area (Å²) in [6.45, 7) is 7.12. The van der Waals surface area contributed by atoms with E-state index in [-0.39, 0.29) is 0 Å². The van der Waals surface area contributed by atoms with E-state index in [1.165, 1.54) is 89.9 Å². The van der Waals surface area contributed by atoms with Gasteiger partial charge < -0.3 is 9.47 Å². The summed E-state index contributed by atoms with van der Waals surface area (Å²) in [5.41, 5.74) is 0. The Morgan fingerprint density at radius 3 is 1.23 bits per heavy atom. The van der Waals surface area contributed by atoms with E-state index in [0.29, 0.717) is 19.1 Å². The van der Waals surface area contributed by atoms with Gasteiger partial charge in [-0.2, -0.15) is 0 Å². The number of rotatable bonds is 21. The Balaban J connectivity index is 3.25. The molecule has 0 N–H and O–H groups in total. The summed E-state index contributed by atoms with van der Waals surface area (Å²) in [5, 5.41) is 0. The first kappa shape index (κ1) is 28.9. The molecular formula is C26H50O4. The Morgan fingerprint density at radius 1 is 0.533 bits per heavy atom. The van der Waals surface area contributed by atoms with E-state index in [0.717, 1.165) is 25.7 Å². The van der Waals surface area contributed by atoms with E-state index in [2.05, 4.69) is 20.8 Å². The molecular weight excluding hydrogens is 376 g/mol. The first-order valence-electron chi connectivity index (χ1n) is 12.9. The van der Waals surface area contributed by atoms with Crippen LogP contribution in [0.15, 0.2) is 0 Å². The molecule has 0 aromatic rings. The van der Waals surface area contributed by atoms with Crippen molar-refractivity contribution < 1.29 is 19.1 Å². The number of carbonyl (C=O) groups excluding carboxylic acids is 2. The van der Waals surface area contributed by atoms with Crippen LogP contribution in [0.2, 0.25) is 0 Å². The zero-order chi connectivity index (χ0) is 22.3. The van der Waals surface area contributed by atoms with Gasteiger partial charge in [0.05, 0.1) is 13.2 Å². The van der Waals surface area contributed by atoms with Crippen molar-refractivity contribution in [2.45, 2.75) is 136 Å². The molecule has 0 saturated heterocycles. The van der Waals surface area contributed by atoms with E-state index in [1.807, 2.05) is 0 Å². The molecule has 0 bridgehead atoms. The smallest absolute Gasteiger partial charge is 0.417 e. The Morgan fingerprint density at radius 2 is 0.867 bits per heavy atom. The molecule has 0 fully saturated rings. The van der Waals surface area contributed by atoms with Gasteiger partial charge in [-0.15, -0.1) is 0 Å². The highest BCUT2D eigenvalue weighted by atomic mass is 16.6. The molecule has 0 spiro atoms. The lowest BCUT2D eigenvalue weighted by Crippen LogP contribution is -2.21. The number of esters is 2. The first-order valence-corrected chi connectivity index (χ1v) is 12.9. The monoisotopic (exact) mass is 426 g/mol. The molecule has 0 aliphatic rings. The van der Waals surface area contributed by atoms with E-state index >= 15 is 0 Å². The van der Waals surface area contributed by atoms with Crippen molar-refractivity contribution in [1.29, 1.82) is 0 Å². The van der Waals surface area contributed by atoms with Crippen LogP contribution >= 0.6 is 0 Å². The highest BCUT2D eigenvalue weighted by molar-refractivity contribution is 6.29. The second-order valence-electron chi connectivity index (χ2n) is 9.11. The minimum atomic E-state index is -0.852. The van der Waals surface area contributed by atoms with Gasteiger partial charge in [-0.1, -0.05) is 117 Å². The maximum Gasteiger partial charge on any atom is 0.417 e. The minimum absolute atomic E-state index is 0.297. The van der Waals surface area contributed by atoms with Crippen LogP contribution in [0.4, 0.5) is 0 Å². The number of carbonyl (C=O) groups is 2. The molecule has 0 radical (unpaired) electrons. The molecule has 4 nitrogen and oxygen atoms in total. The van der Waals surface area contributed by atoms with E-state index < -0.39 is 11.9 Å². The van der Waals surface area contributed by atoms with Crippen LogP contribution in [0.3, 0.4) is 0 Å². The second-order valence-corrected chi connectivity index (χ2v) is 9.11. The third kappa shape index (κ3) is 21.6. The Bertz CT molecular complexity index is 392. The summed E-state index contributed by atoms with van der Waals surface area (Å²) in [4.78, 5) is 23.0. The van der Waals surface area contributed by atoms with Gasteiger partial charge in [0, 0.05) is 0 Å².